The zero-order valence-electron chi connectivity index (χ0n) is 12.7. The van der Waals surface area contributed by atoms with E-state index < -0.39 is 16.1 Å². The molecule has 5 heteroatoms. The Morgan fingerprint density at radius 1 is 1.18 bits per heavy atom. The van der Waals surface area contributed by atoms with Gasteiger partial charge in [-0.05, 0) is 48.8 Å². The third kappa shape index (κ3) is 3.42. The standard InChI is InChI=1S/C17H23NO3S/c19-17(14-6-2-3-7-14)12-18-22(20,21)16-10-9-13-5-1-4-8-15(13)11-16/h1,4-5,8,11,14,17-19H,2-3,6-7,9-10,12H2. The number of sulfonamides is 1. The number of aliphatic hydroxyl groups is 1. The molecule has 1 unspecified atom stereocenters. The van der Waals surface area contributed by atoms with Crippen LogP contribution in [0.2, 0.25) is 0 Å². The molecule has 22 heavy (non-hydrogen) atoms. The van der Waals surface area contributed by atoms with Gasteiger partial charge in [0.2, 0.25) is 10.0 Å². The normalized spacial score (nSPS) is 20.5. The van der Waals surface area contributed by atoms with Gasteiger partial charge in [0.05, 0.1) is 11.0 Å². The van der Waals surface area contributed by atoms with Crippen molar-refractivity contribution in [1.82, 2.24) is 4.72 Å². The van der Waals surface area contributed by atoms with E-state index in [2.05, 4.69) is 4.72 Å². The number of benzene rings is 1. The molecule has 1 aromatic carbocycles. The van der Waals surface area contributed by atoms with Crippen LogP contribution in [0.25, 0.3) is 6.08 Å². The molecular formula is C17H23NO3S. The van der Waals surface area contributed by atoms with E-state index in [1.807, 2.05) is 24.3 Å². The van der Waals surface area contributed by atoms with E-state index >= 15 is 0 Å². The van der Waals surface area contributed by atoms with Gasteiger partial charge in [0.15, 0.2) is 0 Å². The fourth-order valence-electron chi connectivity index (χ4n) is 3.41. The Hall–Kier alpha value is -1.17. The van der Waals surface area contributed by atoms with Gasteiger partial charge in [0.1, 0.15) is 0 Å². The average molecular weight is 321 g/mol. The number of hydrogen-bond donors (Lipinski definition) is 2. The Bertz CT molecular complexity index is 660. The number of aryl methyl sites for hydroxylation is 1. The van der Waals surface area contributed by atoms with Gasteiger partial charge in [0.25, 0.3) is 0 Å². The third-order valence-electron chi connectivity index (χ3n) is 4.78. The lowest BCUT2D eigenvalue weighted by atomic mass is 9.98. The van der Waals surface area contributed by atoms with Crippen LogP contribution >= 0.6 is 0 Å². The molecule has 0 spiro atoms. The van der Waals surface area contributed by atoms with Crippen LogP contribution in [0.1, 0.15) is 43.2 Å². The molecular weight excluding hydrogens is 298 g/mol. The van der Waals surface area contributed by atoms with Crippen molar-refractivity contribution in [2.45, 2.75) is 44.6 Å². The molecule has 4 nitrogen and oxygen atoms in total. The second kappa shape index (κ2) is 6.52. The highest BCUT2D eigenvalue weighted by atomic mass is 32.2. The lowest BCUT2D eigenvalue weighted by Crippen LogP contribution is -2.36. The minimum atomic E-state index is -3.50. The summed E-state index contributed by atoms with van der Waals surface area (Å²) in [6.45, 7) is 0.117. The number of rotatable bonds is 5. The van der Waals surface area contributed by atoms with Crippen molar-refractivity contribution < 1.29 is 13.5 Å². The van der Waals surface area contributed by atoms with E-state index in [-0.39, 0.29) is 12.5 Å². The molecule has 3 rings (SSSR count). The summed E-state index contributed by atoms with van der Waals surface area (Å²) >= 11 is 0. The molecule has 0 radical (unpaired) electrons. The third-order valence-corrected chi connectivity index (χ3v) is 6.34. The van der Waals surface area contributed by atoms with Gasteiger partial charge in [-0.25, -0.2) is 13.1 Å². The highest BCUT2D eigenvalue weighted by molar-refractivity contribution is 7.93. The maximum Gasteiger partial charge on any atom is 0.236 e. The van der Waals surface area contributed by atoms with Crippen LogP contribution in [-0.4, -0.2) is 26.2 Å². The molecule has 1 atom stereocenters. The van der Waals surface area contributed by atoms with Crippen LogP contribution in [0.3, 0.4) is 0 Å². The second-order valence-electron chi connectivity index (χ2n) is 6.27. The van der Waals surface area contributed by atoms with Gasteiger partial charge in [-0.1, -0.05) is 37.1 Å². The van der Waals surface area contributed by atoms with Gasteiger partial charge in [-0.15, -0.1) is 0 Å². The summed E-state index contributed by atoms with van der Waals surface area (Å²) in [4.78, 5) is 0.421. The molecule has 0 aromatic heterocycles. The zero-order valence-corrected chi connectivity index (χ0v) is 13.5. The number of fused-ring (bicyclic) bond motifs is 1. The first-order chi connectivity index (χ1) is 10.6. The average Bonchev–Trinajstić information content (AvgIpc) is 3.07. The summed E-state index contributed by atoms with van der Waals surface area (Å²) in [5.41, 5.74) is 2.16. The van der Waals surface area contributed by atoms with Gasteiger partial charge in [-0.2, -0.15) is 0 Å². The minimum Gasteiger partial charge on any atom is -0.391 e. The van der Waals surface area contributed by atoms with Crippen molar-refractivity contribution >= 4 is 16.1 Å². The Morgan fingerprint density at radius 2 is 1.91 bits per heavy atom. The van der Waals surface area contributed by atoms with Crippen LogP contribution in [-0.2, 0) is 16.4 Å². The Morgan fingerprint density at radius 3 is 2.68 bits per heavy atom. The second-order valence-corrected chi connectivity index (χ2v) is 8.09. The first kappa shape index (κ1) is 15.7. The van der Waals surface area contributed by atoms with E-state index in [1.54, 1.807) is 6.08 Å². The van der Waals surface area contributed by atoms with Crippen molar-refractivity contribution in [3.05, 3.63) is 40.3 Å². The van der Waals surface area contributed by atoms with E-state index in [0.717, 1.165) is 37.7 Å². The molecule has 0 saturated heterocycles. The Balaban J connectivity index is 1.67. The van der Waals surface area contributed by atoms with E-state index in [0.29, 0.717) is 11.3 Å². The molecule has 0 heterocycles. The minimum absolute atomic E-state index is 0.117. The number of allylic oxidation sites excluding steroid dienone is 1. The fourth-order valence-corrected chi connectivity index (χ4v) is 4.64. The molecule has 1 fully saturated rings. The predicted molar refractivity (Wildman–Crippen MR) is 87.6 cm³/mol. The van der Waals surface area contributed by atoms with E-state index in [1.165, 1.54) is 5.56 Å². The molecule has 2 aliphatic rings. The first-order valence-corrected chi connectivity index (χ1v) is 9.51. The van der Waals surface area contributed by atoms with E-state index in [9.17, 15) is 13.5 Å². The lowest BCUT2D eigenvalue weighted by Gasteiger charge is -2.20. The van der Waals surface area contributed by atoms with Gasteiger partial charge in [0, 0.05) is 6.54 Å². The van der Waals surface area contributed by atoms with Crippen LogP contribution in [0.4, 0.5) is 0 Å². The molecule has 0 amide bonds. The summed E-state index contributed by atoms with van der Waals surface area (Å²) < 4.78 is 27.4. The summed E-state index contributed by atoms with van der Waals surface area (Å²) in [6, 6.07) is 7.87. The summed E-state index contributed by atoms with van der Waals surface area (Å²) in [5.74, 6) is 0.240. The quantitative estimate of drug-likeness (QED) is 0.875. The topological polar surface area (TPSA) is 66.4 Å². The predicted octanol–water partition coefficient (Wildman–Crippen LogP) is 2.44. The summed E-state index contributed by atoms with van der Waals surface area (Å²) in [7, 11) is -3.50. The number of nitrogens with one attached hydrogen (secondary N) is 1. The molecule has 120 valence electrons. The van der Waals surface area contributed by atoms with Crippen LogP contribution in [0.5, 0.6) is 0 Å². The van der Waals surface area contributed by atoms with Crippen molar-refractivity contribution in [3.63, 3.8) is 0 Å². The van der Waals surface area contributed by atoms with Gasteiger partial charge >= 0.3 is 0 Å². The number of hydrogen-bond acceptors (Lipinski definition) is 3. The molecule has 0 aliphatic heterocycles. The van der Waals surface area contributed by atoms with Crippen LogP contribution in [0, 0.1) is 5.92 Å². The Kier molecular flexibility index (Phi) is 4.66. The monoisotopic (exact) mass is 321 g/mol. The Labute approximate surface area is 132 Å². The molecule has 2 aliphatic carbocycles. The van der Waals surface area contributed by atoms with Gasteiger partial charge in [-0.3, -0.25) is 0 Å². The highest BCUT2D eigenvalue weighted by Crippen LogP contribution is 2.29. The lowest BCUT2D eigenvalue weighted by molar-refractivity contribution is 0.115. The smallest absolute Gasteiger partial charge is 0.236 e. The largest absolute Gasteiger partial charge is 0.391 e. The van der Waals surface area contributed by atoms with Crippen molar-refractivity contribution in [3.8, 4) is 0 Å². The maximum absolute atomic E-state index is 12.4. The van der Waals surface area contributed by atoms with Crippen molar-refractivity contribution in [2.24, 2.45) is 5.92 Å². The number of aliphatic hydroxyl groups excluding tert-OH is 1. The summed E-state index contributed by atoms with van der Waals surface area (Å²) in [6.07, 6.45) is 6.71. The van der Waals surface area contributed by atoms with Crippen molar-refractivity contribution in [1.29, 1.82) is 0 Å². The van der Waals surface area contributed by atoms with E-state index in [4.69, 9.17) is 0 Å². The SMILES string of the molecule is O=S(=O)(NCC(O)C1CCCC1)C1=Cc2ccccc2CC1. The first-order valence-electron chi connectivity index (χ1n) is 8.02. The highest BCUT2D eigenvalue weighted by Gasteiger charge is 2.26. The van der Waals surface area contributed by atoms with Crippen molar-refractivity contribution in [2.75, 3.05) is 6.54 Å². The molecule has 1 saturated carbocycles. The van der Waals surface area contributed by atoms with Gasteiger partial charge < -0.3 is 5.11 Å². The fraction of sp³-hybridized carbons (Fsp3) is 0.529. The molecule has 2 N–H and O–H groups in total. The zero-order chi connectivity index (χ0) is 15.6. The maximum atomic E-state index is 12.4. The molecule has 1 aromatic rings. The summed E-state index contributed by atoms with van der Waals surface area (Å²) in [5, 5.41) is 10.1. The van der Waals surface area contributed by atoms with Crippen LogP contribution in [0.15, 0.2) is 29.2 Å². The van der Waals surface area contributed by atoms with Crippen LogP contribution < -0.4 is 4.72 Å². The molecule has 0 bridgehead atoms.